The second kappa shape index (κ2) is 2.94. The minimum Gasteiger partial charge on any atom is -0.323 e. The Balaban J connectivity index is 2.89. The number of hydrogen-bond acceptors (Lipinski definition) is 3. The molecule has 0 aromatic carbocycles. The van der Waals surface area contributed by atoms with Crippen LogP contribution in [0.2, 0.25) is 5.15 Å². The van der Waals surface area contributed by atoms with Crippen molar-refractivity contribution in [2.24, 2.45) is 5.73 Å². The summed E-state index contributed by atoms with van der Waals surface area (Å²) in [6.07, 6.45) is 0. The number of nitrogens with two attached hydrogens (primary N) is 1. The van der Waals surface area contributed by atoms with Gasteiger partial charge in [-0.15, -0.1) is 5.10 Å². The first kappa shape index (κ1) is 7.44. The monoisotopic (exact) mass is 157 g/mol. The molecule has 0 fully saturated rings. The van der Waals surface area contributed by atoms with Gasteiger partial charge in [0, 0.05) is 6.04 Å². The van der Waals surface area contributed by atoms with Gasteiger partial charge in [-0.3, -0.25) is 0 Å². The van der Waals surface area contributed by atoms with Crippen molar-refractivity contribution in [3.05, 3.63) is 23.0 Å². The van der Waals surface area contributed by atoms with Gasteiger partial charge in [0.25, 0.3) is 0 Å². The van der Waals surface area contributed by atoms with E-state index < -0.39 is 0 Å². The SMILES string of the molecule is C[C@H](N)c1ccc(Cl)nn1. The van der Waals surface area contributed by atoms with E-state index in [9.17, 15) is 0 Å². The summed E-state index contributed by atoms with van der Waals surface area (Å²) >= 11 is 5.50. The highest BCUT2D eigenvalue weighted by Crippen LogP contribution is 2.06. The third-order valence-corrected chi connectivity index (χ3v) is 1.32. The van der Waals surface area contributed by atoms with Gasteiger partial charge in [0.1, 0.15) is 0 Å². The smallest absolute Gasteiger partial charge is 0.151 e. The van der Waals surface area contributed by atoms with Crippen LogP contribution in [-0.4, -0.2) is 10.2 Å². The zero-order valence-electron chi connectivity index (χ0n) is 5.58. The Hall–Kier alpha value is -0.670. The molecule has 0 amide bonds. The average molecular weight is 158 g/mol. The first-order chi connectivity index (χ1) is 4.70. The van der Waals surface area contributed by atoms with E-state index in [2.05, 4.69) is 10.2 Å². The van der Waals surface area contributed by atoms with Crippen LogP contribution in [0, 0.1) is 0 Å². The van der Waals surface area contributed by atoms with Gasteiger partial charge in [-0.25, -0.2) is 0 Å². The van der Waals surface area contributed by atoms with E-state index in [4.69, 9.17) is 17.3 Å². The molecule has 54 valence electrons. The fourth-order valence-electron chi connectivity index (χ4n) is 0.569. The van der Waals surface area contributed by atoms with E-state index in [-0.39, 0.29) is 6.04 Å². The van der Waals surface area contributed by atoms with E-state index in [1.807, 2.05) is 6.92 Å². The van der Waals surface area contributed by atoms with Crippen LogP contribution in [0.1, 0.15) is 18.7 Å². The molecule has 0 bridgehead atoms. The predicted octanol–water partition coefficient (Wildman–Crippen LogP) is 1.15. The summed E-state index contributed by atoms with van der Waals surface area (Å²) in [5.41, 5.74) is 6.27. The molecule has 2 N–H and O–H groups in total. The van der Waals surface area contributed by atoms with Crippen LogP contribution in [-0.2, 0) is 0 Å². The fraction of sp³-hybridized carbons (Fsp3) is 0.333. The van der Waals surface area contributed by atoms with Crippen LogP contribution in [0.3, 0.4) is 0 Å². The Morgan fingerprint density at radius 1 is 1.50 bits per heavy atom. The molecule has 0 radical (unpaired) electrons. The summed E-state index contributed by atoms with van der Waals surface area (Å²) in [6.45, 7) is 1.85. The second-order valence-corrected chi connectivity index (χ2v) is 2.46. The molecule has 0 saturated heterocycles. The molecule has 0 saturated carbocycles. The first-order valence-electron chi connectivity index (χ1n) is 2.95. The number of nitrogens with zero attached hydrogens (tertiary/aromatic N) is 2. The van der Waals surface area contributed by atoms with E-state index >= 15 is 0 Å². The normalized spacial score (nSPS) is 13.1. The van der Waals surface area contributed by atoms with Crippen molar-refractivity contribution in [3.63, 3.8) is 0 Å². The Bertz CT molecular complexity index is 207. The lowest BCUT2D eigenvalue weighted by Crippen LogP contribution is -2.07. The van der Waals surface area contributed by atoms with Gasteiger partial charge in [0.15, 0.2) is 5.15 Å². The van der Waals surface area contributed by atoms with Crippen molar-refractivity contribution >= 4 is 11.6 Å². The maximum Gasteiger partial charge on any atom is 0.151 e. The molecule has 10 heavy (non-hydrogen) atoms. The minimum absolute atomic E-state index is 0.0789. The van der Waals surface area contributed by atoms with Crippen molar-refractivity contribution in [2.75, 3.05) is 0 Å². The van der Waals surface area contributed by atoms with Gasteiger partial charge in [0.2, 0.25) is 0 Å². The Morgan fingerprint density at radius 2 is 2.20 bits per heavy atom. The topological polar surface area (TPSA) is 51.8 Å². The van der Waals surface area contributed by atoms with Crippen LogP contribution >= 0.6 is 11.6 Å². The second-order valence-electron chi connectivity index (χ2n) is 2.07. The molecule has 1 aromatic heterocycles. The summed E-state index contributed by atoms with van der Waals surface area (Å²) in [5.74, 6) is 0. The molecule has 0 unspecified atom stereocenters. The summed E-state index contributed by atoms with van der Waals surface area (Å²) in [6, 6.07) is 3.36. The maximum absolute atomic E-state index is 5.52. The number of aromatic nitrogens is 2. The zero-order valence-corrected chi connectivity index (χ0v) is 6.34. The molecular weight excluding hydrogens is 150 g/mol. The Kier molecular flexibility index (Phi) is 2.19. The highest BCUT2D eigenvalue weighted by atomic mass is 35.5. The van der Waals surface area contributed by atoms with Gasteiger partial charge in [0.05, 0.1) is 5.69 Å². The lowest BCUT2D eigenvalue weighted by Gasteiger charge is -2.00. The molecule has 1 heterocycles. The first-order valence-corrected chi connectivity index (χ1v) is 3.32. The summed E-state index contributed by atoms with van der Waals surface area (Å²) in [5, 5.41) is 7.80. The number of halogens is 1. The predicted molar refractivity (Wildman–Crippen MR) is 39.6 cm³/mol. The molecule has 0 spiro atoms. The van der Waals surface area contributed by atoms with Crippen molar-refractivity contribution in [2.45, 2.75) is 13.0 Å². The lowest BCUT2D eigenvalue weighted by atomic mass is 10.2. The highest BCUT2D eigenvalue weighted by molar-refractivity contribution is 6.29. The van der Waals surface area contributed by atoms with Crippen LogP contribution in [0.25, 0.3) is 0 Å². The molecule has 0 aliphatic heterocycles. The van der Waals surface area contributed by atoms with E-state index in [0.717, 1.165) is 5.69 Å². The van der Waals surface area contributed by atoms with Crippen LogP contribution < -0.4 is 5.73 Å². The van der Waals surface area contributed by atoms with Gasteiger partial charge in [-0.1, -0.05) is 11.6 Å². The molecule has 1 aromatic rings. The van der Waals surface area contributed by atoms with Gasteiger partial charge >= 0.3 is 0 Å². The summed E-state index contributed by atoms with van der Waals surface area (Å²) in [7, 11) is 0. The van der Waals surface area contributed by atoms with Gasteiger partial charge in [-0.2, -0.15) is 5.10 Å². The van der Waals surface area contributed by atoms with Gasteiger partial charge in [-0.05, 0) is 19.1 Å². The van der Waals surface area contributed by atoms with E-state index in [0.29, 0.717) is 5.15 Å². The van der Waals surface area contributed by atoms with Crippen LogP contribution in [0.5, 0.6) is 0 Å². The van der Waals surface area contributed by atoms with Crippen molar-refractivity contribution < 1.29 is 0 Å². The highest BCUT2D eigenvalue weighted by Gasteiger charge is 1.99. The Labute approximate surface area is 64.2 Å². The molecule has 1 rings (SSSR count). The van der Waals surface area contributed by atoms with Crippen molar-refractivity contribution in [3.8, 4) is 0 Å². The lowest BCUT2D eigenvalue weighted by molar-refractivity contribution is 0.752. The largest absolute Gasteiger partial charge is 0.323 e. The van der Waals surface area contributed by atoms with E-state index in [1.54, 1.807) is 12.1 Å². The molecule has 0 aliphatic carbocycles. The summed E-state index contributed by atoms with van der Waals surface area (Å²) in [4.78, 5) is 0. The molecule has 0 aliphatic rings. The molecule has 4 heteroatoms. The Morgan fingerprint density at radius 3 is 2.60 bits per heavy atom. The summed E-state index contributed by atoms with van der Waals surface area (Å²) < 4.78 is 0. The average Bonchev–Trinajstić information content (AvgIpc) is 1.88. The number of hydrogen-bond donors (Lipinski definition) is 1. The van der Waals surface area contributed by atoms with E-state index in [1.165, 1.54) is 0 Å². The molecule has 3 nitrogen and oxygen atoms in total. The minimum atomic E-state index is -0.0789. The maximum atomic E-state index is 5.52. The third-order valence-electron chi connectivity index (χ3n) is 1.12. The van der Waals surface area contributed by atoms with Crippen molar-refractivity contribution in [1.29, 1.82) is 0 Å². The quantitative estimate of drug-likeness (QED) is 0.666. The van der Waals surface area contributed by atoms with Crippen LogP contribution in [0.15, 0.2) is 12.1 Å². The van der Waals surface area contributed by atoms with Crippen LogP contribution in [0.4, 0.5) is 0 Å². The molecular formula is C6H8ClN3. The fourth-order valence-corrected chi connectivity index (χ4v) is 0.670. The van der Waals surface area contributed by atoms with Gasteiger partial charge < -0.3 is 5.73 Å². The standard InChI is InChI=1S/C6H8ClN3/c1-4(8)5-2-3-6(7)10-9-5/h2-4H,8H2,1H3/t4-/m0/s1. The molecule has 1 atom stereocenters. The van der Waals surface area contributed by atoms with Crippen molar-refractivity contribution in [1.82, 2.24) is 10.2 Å². The third kappa shape index (κ3) is 1.65. The zero-order chi connectivity index (χ0) is 7.56. The number of rotatable bonds is 1.